The van der Waals surface area contributed by atoms with Crippen molar-refractivity contribution in [3.8, 4) is 5.75 Å². The Hall–Kier alpha value is -2.60. The number of aliphatic hydroxyl groups is 1. The molecule has 3 rings (SSSR count). The van der Waals surface area contributed by atoms with Gasteiger partial charge in [0, 0.05) is 18.6 Å². The maximum atomic E-state index is 12.8. The van der Waals surface area contributed by atoms with Crippen LogP contribution in [0.2, 0.25) is 0 Å². The molecule has 1 aliphatic carbocycles. The molecule has 5 nitrogen and oxygen atoms in total. The van der Waals surface area contributed by atoms with E-state index in [1.54, 1.807) is 12.1 Å². The highest BCUT2D eigenvalue weighted by Crippen LogP contribution is 2.18. The molecule has 0 aliphatic heterocycles. The van der Waals surface area contributed by atoms with E-state index in [0.717, 1.165) is 0 Å². The molecule has 0 unspecified atom stereocenters. The lowest BCUT2D eigenvalue weighted by molar-refractivity contribution is 0.0909. The lowest BCUT2D eigenvalue weighted by atomic mass is 10.1. The molecule has 1 aliphatic rings. The van der Waals surface area contributed by atoms with Crippen molar-refractivity contribution in [3.05, 3.63) is 65.9 Å². The molecule has 0 saturated carbocycles. The normalized spacial score (nSPS) is 19.4. The highest BCUT2D eigenvalue weighted by Gasteiger charge is 2.21. The molecule has 2 aromatic rings. The topological polar surface area (TPSA) is 71.7 Å². The number of hydrogen-bond acceptors (Lipinski definition) is 4. The first-order valence-electron chi connectivity index (χ1n) is 7.71. The second kappa shape index (κ2) is 7.31. The smallest absolute Gasteiger partial charge is 0.287 e. The van der Waals surface area contributed by atoms with Gasteiger partial charge in [-0.15, -0.1) is 0 Å². The average molecular weight is 331 g/mol. The van der Waals surface area contributed by atoms with Gasteiger partial charge in [-0.1, -0.05) is 12.2 Å². The van der Waals surface area contributed by atoms with Crippen LogP contribution in [0.15, 0.2) is 53.0 Å². The van der Waals surface area contributed by atoms with Crippen molar-refractivity contribution < 1.29 is 23.4 Å². The van der Waals surface area contributed by atoms with Gasteiger partial charge in [-0.05, 0) is 42.8 Å². The zero-order chi connectivity index (χ0) is 16.9. The molecule has 1 heterocycles. The monoisotopic (exact) mass is 331 g/mol. The Kier molecular flexibility index (Phi) is 4.96. The fraction of sp³-hybridized carbons (Fsp3) is 0.278. The molecular formula is C18H18FNO4. The highest BCUT2D eigenvalue weighted by molar-refractivity contribution is 5.91. The van der Waals surface area contributed by atoms with Crippen LogP contribution in [0, 0.1) is 11.7 Å². The summed E-state index contributed by atoms with van der Waals surface area (Å²) in [6, 6.07) is 8.82. The van der Waals surface area contributed by atoms with E-state index in [1.807, 2.05) is 12.2 Å². The zero-order valence-electron chi connectivity index (χ0n) is 12.9. The average Bonchev–Trinajstić information content (AvgIpc) is 3.23. The predicted octanol–water partition coefficient (Wildman–Crippen LogP) is 2.66. The van der Waals surface area contributed by atoms with E-state index in [9.17, 15) is 9.18 Å². The molecule has 6 heteroatoms. The summed E-state index contributed by atoms with van der Waals surface area (Å²) < 4.78 is 23.8. The van der Waals surface area contributed by atoms with Crippen molar-refractivity contribution in [1.29, 1.82) is 0 Å². The number of aliphatic hydroxyl groups excluding tert-OH is 1. The van der Waals surface area contributed by atoms with Crippen molar-refractivity contribution in [2.45, 2.75) is 19.1 Å². The van der Waals surface area contributed by atoms with Crippen molar-refractivity contribution in [3.63, 3.8) is 0 Å². The third-order valence-corrected chi connectivity index (χ3v) is 3.80. The first-order chi connectivity index (χ1) is 11.6. The second-order valence-electron chi connectivity index (χ2n) is 5.65. The van der Waals surface area contributed by atoms with Crippen LogP contribution in [0.4, 0.5) is 4.39 Å². The third kappa shape index (κ3) is 4.02. The van der Waals surface area contributed by atoms with E-state index in [4.69, 9.17) is 14.3 Å². The number of carbonyl (C=O) groups is 1. The zero-order valence-corrected chi connectivity index (χ0v) is 12.9. The minimum Gasteiger partial charge on any atom is -0.486 e. The highest BCUT2D eigenvalue weighted by atomic mass is 19.1. The minimum atomic E-state index is -0.330. The summed E-state index contributed by atoms with van der Waals surface area (Å²) in [6.07, 6.45) is 4.46. The quantitative estimate of drug-likeness (QED) is 0.798. The maximum absolute atomic E-state index is 12.8. The van der Waals surface area contributed by atoms with Crippen LogP contribution in [-0.2, 0) is 6.61 Å². The number of furan rings is 1. The Morgan fingerprint density at radius 3 is 2.75 bits per heavy atom. The van der Waals surface area contributed by atoms with Crippen molar-refractivity contribution in [2.75, 3.05) is 6.61 Å². The summed E-state index contributed by atoms with van der Waals surface area (Å²) in [5.41, 5.74) is 0. The molecule has 1 aromatic carbocycles. The molecule has 0 saturated heterocycles. The fourth-order valence-corrected chi connectivity index (χ4v) is 2.52. The lowest BCUT2D eigenvalue weighted by Gasteiger charge is -2.11. The third-order valence-electron chi connectivity index (χ3n) is 3.80. The van der Waals surface area contributed by atoms with Crippen LogP contribution in [0.1, 0.15) is 22.7 Å². The van der Waals surface area contributed by atoms with E-state index in [-0.39, 0.29) is 42.7 Å². The molecule has 24 heavy (non-hydrogen) atoms. The van der Waals surface area contributed by atoms with Crippen LogP contribution in [-0.4, -0.2) is 23.7 Å². The Labute approximate surface area is 138 Å². The van der Waals surface area contributed by atoms with Crippen molar-refractivity contribution in [1.82, 2.24) is 5.32 Å². The molecule has 2 atom stereocenters. The number of hydrogen-bond donors (Lipinski definition) is 2. The van der Waals surface area contributed by atoms with Crippen LogP contribution >= 0.6 is 0 Å². The number of benzene rings is 1. The summed E-state index contributed by atoms with van der Waals surface area (Å²) in [4.78, 5) is 12.1. The van der Waals surface area contributed by atoms with Gasteiger partial charge in [-0.3, -0.25) is 4.79 Å². The van der Waals surface area contributed by atoms with E-state index in [0.29, 0.717) is 17.9 Å². The SMILES string of the molecule is O=C(N[C@@H]1C=C[C@H](CO)C1)c1ccc(COc2ccc(F)cc2)o1. The molecule has 0 radical (unpaired) electrons. The molecule has 2 N–H and O–H groups in total. The number of nitrogens with one attached hydrogen (secondary N) is 1. The van der Waals surface area contributed by atoms with Gasteiger partial charge in [0.15, 0.2) is 5.76 Å². The number of amides is 1. The Balaban J connectivity index is 1.52. The molecule has 0 bridgehead atoms. The van der Waals surface area contributed by atoms with Gasteiger partial charge in [0.2, 0.25) is 0 Å². The summed E-state index contributed by atoms with van der Waals surface area (Å²) >= 11 is 0. The van der Waals surface area contributed by atoms with Gasteiger partial charge in [0.25, 0.3) is 5.91 Å². The number of carbonyl (C=O) groups excluding carboxylic acids is 1. The Bertz CT molecular complexity index is 723. The lowest BCUT2D eigenvalue weighted by Crippen LogP contribution is -2.32. The van der Waals surface area contributed by atoms with E-state index >= 15 is 0 Å². The van der Waals surface area contributed by atoms with Gasteiger partial charge in [-0.25, -0.2) is 4.39 Å². The summed E-state index contributed by atoms with van der Waals surface area (Å²) in [7, 11) is 0. The second-order valence-corrected chi connectivity index (χ2v) is 5.65. The molecule has 0 fully saturated rings. The van der Waals surface area contributed by atoms with E-state index in [1.165, 1.54) is 24.3 Å². The maximum Gasteiger partial charge on any atom is 0.287 e. The van der Waals surface area contributed by atoms with Crippen LogP contribution in [0.25, 0.3) is 0 Å². The van der Waals surface area contributed by atoms with Crippen molar-refractivity contribution >= 4 is 5.91 Å². The largest absolute Gasteiger partial charge is 0.486 e. The molecule has 1 amide bonds. The number of rotatable bonds is 6. The number of halogens is 1. The fourth-order valence-electron chi connectivity index (χ4n) is 2.52. The van der Waals surface area contributed by atoms with Gasteiger partial charge in [0.05, 0.1) is 0 Å². The van der Waals surface area contributed by atoms with Gasteiger partial charge in [0.1, 0.15) is 23.9 Å². The molecule has 0 spiro atoms. The van der Waals surface area contributed by atoms with Gasteiger partial charge >= 0.3 is 0 Å². The van der Waals surface area contributed by atoms with Crippen molar-refractivity contribution in [2.24, 2.45) is 5.92 Å². The molecule has 126 valence electrons. The van der Waals surface area contributed by atoms with E-state index in [2.05, 4.69) is 5.32 Å². The molecular weight excluding hydrogens is 313 g/mol. The Morgan fingerprint density at radius 1 is 1.25 bits per heavy atom. The van der Waals surface area contributed by atoms with Crippen LogP contribution < -0.4 is 10.1 Å². The first kappa shape index (κ1) is 16.3. The summed E-state index contributed by atoms with van der Waals surface area (Å²) in [5.74, 6) is 0.671. The predicted molar refractivity (Wildman–Crippen MR) is 85.0 cm³/mol. The van der Waals surface area contributed by atoms with Crippen LogP contribution in [0.5, 0.6) is 5.75 Å². The van der Waals surface area contributed by atoms with Gasteiger partial charge in [-0.2, -0.15) is 0 Å². The minimum absolute atomic E-state index is 0.0779. The summed E-state index contributed by atoms with van der Waals surface area (Å²) in [6.45, 7) is 0.226. The van der Waals surface area contributed by atoms with Crippen LogP contribution in [0.3, 0.4) is 0 Å². The first-order valence-corrected chi connectivity index (χ1v) is 7.71. The Morgan fingerprint density at radius 2 is 2.04 bits per heavy atom. The summed E-state index contributed by atoms with van der Waals surface area (Å²) in [5, 5.41) is 11.9. The number of ether oxygens (including phenoxy) is 1. The standard InChI is InChI=1S/C18H18FNO4/c19-13-2-5-15(6-3-13)23-11-16-7-8-17(24-16)18(22)20-14-4-1-12(9-14)10-21/h1-8,12,14,21H,9-11H2,(H,20,22)/t12-,14+/m0/s1. The molecule has 1 aromatic heterocycles. The van der Waals surface area contributed by atoms with E-state index < -0.39 is 0 Å². The van der Waals surface area contributed by atoms with Gasteiger partial charge < -0.3 is 19.6 Å².